The third kappa shape index (κ3) is 43.0. The molecule has 0 atom stereocenters. The second-order valence-electron chi connectivity index (χ2n) is 2.50. The predicted octanol–water partition coefficient (Wildman–Crippen LogP) is -6.06. The third-order valence-electron chi connectivity index (χ3n) is 0.586. The van der Waals surface area contributed by atoms with Crippen molar-refractivity contribution in [2.24, 2.45) is 0 Å². The summed E-state index contributed by atoms with van der Waals surface area (Å²) in [4.78, 5) is 0. The van der Waals surface area contributed by atoms with Crippen molar-refractivity contribution in [2.45, 2.75) is 27.2 Å². The monoisotopic (exact) mass is 407 g/mol. The van der Waals surface area contributed by atoms with Gasteiger partial charge in [0.1, 0.15) is 0 Å². The fraction of sp³-hybridized carbons (Fsp3) is 0.444. The average Bonchev–Trinajstić information content (AvgIpc) is 2.11. The Balaban J connectivity index is -0.0000000256. The summed E-state index contributed by atoms with van der Waals surface area (Å²) in [7, 11) is 0. The summed E-state index contributed by atoms with van der Waals surface area (Å²) in [6, 6.07) is 0. The summed E-state index contributed by atoms with van der Waals surface area (Å²) in [6.45, 7) is 6.25. The Morgan fingerprint density at radius 1 is 1.08 bits per heavy atom. The van der Waals surface area contributed by atoms with Crippen LogP contribution in [0, 0.1) is 12.0 Å². The van der Waals surface area contributed by atoms with Gasteiger partial charge in [-0.2, -0.15) is 26.8 Å². The molecule has 0 radical (unpaired) electrons. The van der Waals surface area contributed by atoms with Crippen LogP contribution in [-0.2, 0) is 25.8 Å². The van der Waals surface area contributed by atoms with E-state index in [-0.39, 0.29) is 63.1 Å². The summed E-state index contributed by atoms with van der Waals surface area (Å²) in [5.74, 6) is 1.42. The maximum atomic E-state index is 2.99. The molecule has 0 saturated heterocycles. The molecule has 4 heteroatoms. The minimum absolute atomic E-state index is 0. The molecule has 0 fully saturated rings. The molecule has 0 heterocycles. The fourth-order valence-electron chi connectivity index (χ4n) is 0.340. The van der Waals surface area contributed by atoms with Crippen LogP contribution >= 0.6 is 0 Å². The number of halogens is 3. The topological polar surface area (TPSA) is 0 Å². The van der Waals surface area contributed by atoms with E-state index in [1.807, 2.05) is 12.2 Å². The molecule has 0 aromatic heterocycles. The molecule has 0 bridgehead atoms. The first-order chi connectivity index (χ1) is 4.23. The number of hydrogen-bond acceptors (Lipinski definition) is 0. The largest absolute Gasteiger partial charge is 1.00 e. The smallest absolute Gasteiger partial charge is 0 e. The van der Waals surface area contributed by atoms with E-state index in [0.717, 1.165) is 6.42 Å². The van der Waals surface area contributed by atoms with Gasteiger partial charge in [-0.15, -0.1) is 6.42 Å². The molecule has 1 aliphatic carbocycles. The van der Waals surface area contributed by atoms with E-state index in [2.05, 4.69) is 32.9 Å². The first kappa shape index (κ1) is 29.2. The van der Waals surface area contributed by atoms with Crippen molar-refractivity contribution < 1.29 is 63.1 Å². The van der Waals surface area contributed by atoms with Gasteiger partial charge in [0.15, 0.2) is 0 Å². The third-order valence-corrected chi connectivity index (χ3v) is 0.586. The Hall–Kier alpha value is 1.22. The van der Waals surface area contributed by atoms with Crippen molar-refractivity contribution >= 4 is 0 Å². The minimum Gasteiger partial charge on any atom is -1.00 e. The first-order valence-corrected chi connectivity index (χ1v) is 3.22. The summed E-state index contributed by atoms with van der Waals surface area (Å²) < 4.78 is 0. The molecule has 0 aromatic carbocycles. The van der Waals surface area contributed by atoms with Crippen LogP contribution in [0.25, 0.3) is 0 Å². The van der Waals surface area contributed by atoms with Gasteiger partial charge in [0.05, 0.1) is 0 Å². The molecule has 0 amide bonds. The Kier molecular flexibility index (Phi) is 52.2. The van der Waals surface area contributed by atoms with Crippen LogP contribution in [0.2, 0.25) is 0 Å². The van der Waals surface area contributed by atoms with Gasteiger partial charge in [-0.3, -0.25) is 6.08 Å². The van der Waals surface area contributed by atoms with Crippen molar-refractivity contribution in [3.8, 4) is 0 Å². The van der Waals surface area contributed by atoms with Gasteiger partial charge < -0.3 is 43.1 Å². The van der Waals surface area contributed by atoms with Crippen molar-refractivity contribution in [1.82, 2.24) is 0 Å². The maximum absolute atomic E-state index is 2.99. The molecule has 0 nitrogen and oxygen atoms in total. The summed E-state index contributed by atoms with van der Waals surface area (Å²) in [6.07, 6.45) is 10.0. The van der Waals surface area contributed by atoms with Crippen LogP contribution < -0.4 is 37.2 Å². The van der Waals surface area contributed by atoms with Crippen molar-refractivity contribution in [2.75, 3.05) is 0 Å². The van der Waals surface area contributed by atoms with E-state index in [1.165, 1.54) is 5.92 Å². The van der Waals surface area contributed by atoms with E-state index in [9.17, 15) is 0 Å². The molecule has 0 N–H and O–H groups in total. The van der Waals surface area contributed by atoms with Gasteiger partial charge in [-0.05, 0) is 0 Å². The zero-order valence-electron chi connectivity index (χ0n) is 8.07. The van der Waals surface area contributed by atoms with Crippen molar-refractivity contribution in [1.29, 1.82) is 0 Å². The van der Waals surface area contributed by atoms with Crippen LogP contribution in [0.1, 0.15) is 27.2 Å². The van der Waals surface area contributed by atoms with Gasteiger partial charge >= 0.3 is 0 Å². The van der Waals surface area contributed by atoms with E-state index in [1.54, 1.807) is 0 Å². The molecule has 1 aliphatic rings. The van der Waals surface area contributed by atoms with Crippen LogP contribution in [0.5, 0.6) is 0 Å². The second kappa shape index (κ2) is 23.2. The molecule has 0 spiro atoms. The fourth-order valence-corrected chi connectivity index (χ4v) is 0.340. The van der Waals surface area contributed by atoms with Gasteiger partial charge in [0, 0.05) is 25.8 Å². The van der Waals surface area contributed by atoms with E-state index >= 15 is 0 Å². The van der Waals surface area contributed by atoms with Gasteiger partial charge in [0.25, 0.3) is 0 Å². The zero-order valence-corrected chi connectivity index (χ0v) is 13.9. The van der Waals surface area contributed by atoms with E-state index in [0.29, 0.717) is 0 Å². The quantitative estimate of drug-likeness (QED) is 0.277. The first-order valence-electron chi connectivity index (χ1n) is 3.22. The minimum atomic E-state index is 0. The average molecular weight is 407 g/mol. The normalized spacial score (nSPS) is 9.54. The molecule has 0 saturated carbocycles. The van der Waals surface area contributed by atoms with E-state index < -0.39 is 0 Å². The van der Waals surface area contributed by atoms with Gasteiger partial charge in [-0.1, -0.05) is 0 Å². The van der Waals surface area contributed by atoms with Crippen molar-refractivity contribution in [3.05, 3.63) is 30.2 Å². The van der Waals surface area contributed by atoms with Gasteiger partial charge in [-0.25, -0.2) is 12.2 Å². The number of rotatable bonds is 0. The Labute approximate surface area is 120 Å². The molecule has 80 valence electrons. The molecular formula is C9H14Cl3Hf-5. The second-order valence-corrected chi connectivity index (χ2v) is 2.50. The molecule has 13 heavy (non-hydrogen) atoms. The van der Waals surface area contributed by atoms with Gasteiger partial charge in [0.2, 0.25) is 0 Å². The molecule has 0 unspecified atom stereocenters. The predicted molar refractivity (Wildman–Crippen MR) is 41.8 cm³/mol. The van der Waals surface area contributed by atoms with Crippen LogP contribution in [0.3, 0.4) is 0 Å². The van der Waals surface area contributed by atoms with E-state index in [4.69, 9.17) is 0 Å². The van der Waals surface area contributed by atoms with Crippen LogP contribution in [0.15, 0.2) is 18.2 Å². The molecular weight excluding hydrogens is 393 g/mol. The Morgan fingerprint density at radius 2 is 1.46 bits per heavy atom. The van der Waals surface area contributed by atoms with Crippen LogP contribution in [0.4, 0.5) is 0 Å². The summed E-state index contributed by atoms with van der Waals surface area (Å²) in [5, 5.41) is 0. The number of hydrogen-bond donors (Lipinski definition) is 0. The molecule has 0 aromatic rings. The maximum Gasteiger partial charge on any atom is 0 e. The summed E-state index contributed by atoms with van der Waals surface area (Å²) >= 11 is 0. The SMILES string of the molecule is C[C-](C)C.[C-]1=CC=CC1.[Cl-].[Cl-].[Cl-].[Hf]. The zero-order chi connectivity index (χ0) is 7.11. The number of allylic oxidation sites excluding steroid dienone is 4. The Morgan fingerprint density at radius 3 is 1.54 bits per heavy atom. The molecule has 1 rings (SSSR count). The standard InChI is InChI=1S/C5H5.C4H9.3ClH.Hf/c1-2-4-5-3-1;1-4(2)3;;;;/h1-3H,4H2;1-3H3;3*1H;/q2*-1;;;;/p-3. The molecule has 0 aliphatic heterocycles. The Bertz CT molecular complexity index is 98.7. The van der Waals surface area contributed by atoms with Crippen LogP contribution in [-0.4, -0.2) is 0 Å². The summed E-state index contributed by atoms with van der Waals surface area (Å²) in [5.41, 5.74) is 0. The van der Waals surface area contributed by atoms with Crippen molar-refractivity contribution in [3.63, 3.8) is 0 Å².